The number of rotatable bonds is 6. The van der Waals surface area contributed by atoms with Crippen LogP contribution in [0.1, 0.15) is 70.4 Å². The Labute approximate surface area is 214 Å². The molecule has 0 bridgehead atoms. The minimum Gasteiger partial charge on any atom is -0.351 e. The van der Waals surface area contributed by atoms with Crippen molar-refractivity contribution in [2.75, 3.05) is 13.1 Å². The van der Waals surface area contributed by atoms with E-state index in [9.17, 15) is 9.59 Å². The molecule has 3 heterocycles. The van der Waals surface area contributed by atoms with Crippen LogP contribution in [-0.4, -0.2) is 51.9 Å². The molecule has 1 aromatic carbocycles. The number of halogens is 1. The number of hydrogen-bond acceptors (Lipinski definition) is 5. The number of nitrogens with one attached hydrogen (secondary N) is 3. The van der Waals surface area contributed by atoms with Gasteiger partial charge in [-0.1, -0.05) is 38.3 Å². The zero-order valence-corrected chi connectivity index (χ0v) is 21.8. The van der Waals surface area contributed by atoms with Gasteiger partial charge in [-0.05, 0) is 43.0 Å². The molecular weight excluding hydrogens is 482 g/mol. The third kappa shape index (κ3) is 5.55. The number of hydrogen-bond donors (Lipinski definition) is 3. The Kier molecular flexibility index (Phi) is 7.14. The molecule has 1 aliphatic carbocycles. The Morgan fingerprint density at radius 1 is 1.17 bits per heavy atom. The van der Waals surface area contributed by atoms with E-state index in [1.54, 1.807) is 6.07 Å². The third-order valence-electron chi connectivity index (χ3n) is 6.85. The number of benzene rings is 1. The molecule has 7 nitrogen and oxygen atoms in total. The van der Waals surface area contributed by atoms with Crippen molar-refractivity contribution < 1.29 is 9.59 Å². The van der Waals surface area contributed by atoms with E-state index in [2.05, 4.69) is 39.3 Å². The first kappa shape index (κ1) is 24.3. The second kappa shape index (κ2) is 10.3. The van der Waals surface area contributed by atoms with E-state index in [1.807, 2.05) is 18.2 Å². The fraction of sp³-hybridized carbons (Fsp3) is 0.500. The molecule has 35 heavy (non-hydrogen) atoms. The average Bonchev–Trinajstić information content (AvgIpc) is 3.43. The van der Waals surface area contributed by atoms with Gasteiger partial charge in [-0.15, -0.1) is 11.3 Å². The molecule has 186 valence electrons. The summed E-state index contributed by atoms with van der Waals surface area (Å²) < 4.78 is 0. The zero-order chi connectivity index (χ0) is 24.5. The number of carbonyl (C=O) groups excluding carboxylic acids is 2. The van der Waals surface area contributed by atoms with Gasteiger partial charge in [-0.25, -0.2) is 4.98 Å². The van der Waals surface area contributed by atoms with Crippen LogP contribution >= 0.6 is 22.9 Å². The second-order valence-electron chi connectivity index (χ2n) is 10.1. The summed E-state index contributed by atoms with van der Waals surface area (Å²) in [5, 5.41) is 8.40. The molecule has 2 aromatic heterocycles. The Morgan fingerprint density at radius 2 is 1.91 bits per heavy atom. The Balaban J connectivity index is 1.24. The van der Waals surface area contributed by atoms with Crippen molar-refractivity contribution in [2.45, 2.75) is 64.6 Å². The first-order valence-electron chi connectivity index (χ1n) is 12.5. The molecule has 3 aromatic rings. The summed E-state index contributed by atoms with van der Waals surface area (Å²) >= 11 is 7.59. The van der Waals surface area contributed by atoms with E-state index in [-0.39, 0.29) is 23.9 Å². The smallest absolute Gasteiger partial charge is 0.280 e. The maximum atomic E-state index is 13.1. The fourth-order valence-corrected chi connectivity index (χ4v) is 6.43. The van der Waals surface area contributed by atoms with Crippen molar-refractivity contribution in [3.8, 4) is 0 Å². The molecule has 3 N–H and O–H groups in total. The summed E-state index contributed by atoms with van der Waals surface area (Å²) in [6.45, 7) is 7.39. The van der Waals surface area contributed by atoms with Gasteiger partial charge in [-0.3, -0.25) is 14.5 Å². The molecule has 1 aliphatic heterocycles. The molecular formula is C26H32ClN5O2S. The van der Waals surface area contributed by atoms with E-state index >= 15 is 0 Å². The highest BCUT2D eigenvalue weighted by Crippen LogP contribution is 2.27. The lowest BCUT2D eigenvalue weighted by Crippen LogP contribution is -2.53. The van der Waals surface area contributed by atoms with Gasteiger partial charge in [-0.2, -0.15) is 0 Å². The first-order valence-corrected chi connectivity index (χ1v) is 13.7. The summed E-state index contributed by atoms with van der Waals surface area (Å²) in [6.07, 6.45) is 4.62. The van der Waals surface area contributed by atoms with Crippen LogP contribution < -0.4 is 10.6 Å². The largest absolute Gasteiger partial charge is 0.351 e. The SMILES string of the molecule is CC(C)CN1CCc2nc(C(=O)N[C@@H]3CCCC[C@@H]3NC(=O)c3cc4cc(Cl)ccc4[nH]3)sc2C1. The topological polar surface area (TPSA) is 90.1 Å². The van der Waals surface area contributed by atoms with Gasteiger partial charge in [0, 0.05) is 58.9 Å². The number of carbonyl (C=O) groups is 2. The van der Waals surface area contributed by atoms with E-state index in [1.165, 1.54) is 16.2 Å². The second-order valence-corrected chi connectivity index (χ2v) is 11.6. The highest BCUT2D eigenvalue weighted by Gasteiger charge is 2.30. The van der Waals surface area contributed by atoms with E-state index in [0.29, 0.717) is 21.6 Å². The van der Waals surface area contributed by atoms with Gasteiger partial charge < -0.3 is 15.6 Å². The molecule has 0 radical (unpaired) electrons. The van der Waals surface area contributed by atoms with E-state index in [0.717, 1.165) is 68.3 Å². The first-order chi connectivity index (χ1) is 16.9. The summed E-state index contributed by atoms with van der Waals surface area (Å²) in [5.41, 5.74) is 2.43. The van der Waals surface area contributed by atoms with Gasteiger partial charge in [0.2, 0.25) is 0 Å². The molecule has 2 amide bonds. The van der Waals surface area contributed by atoms with Crippen LogP contribution in [-0.2, 0) is 13.0 Å². The van der Waals surface area contributed by atoms with Gasteiger partial charge >= 0.3 is 0 Å². The summed E-state index contributed by atoms with van der Waals surface area (Å²) in [5.74, 6) is 0.317. The van der Waals surface area contributed by atoms with Crippen LogP contribution in [0.3, 0.4) is 0 Å². The quantitative estimate of drug-likeness (QED) is 0.443. The van der Waals surface area contributed by atoms with E-state index in [4.69, 9.17) is 11.6 Å². The van der Waals surface area contributed by atoms with Crippen molar-refractivity contribution in [2.24, 2.45) is 5.92 Å². The van der Waals surface area contributed by atoms with Crippen LogP contribution in [0.25, 0.3) is 10.9 Å². The van der Waals surface area contributed by atoms with Crippen molar-refractivity contribution in [1.82, 2.24) is 25.5 Å². The fourth-order valence-electron chi connectivity index (χ4n) is 5.20. The summed E-state index contributed by atoms with van der Waals surface area (Å²) in [4.78, 5) is 37.6. The van der Waals surface area contributed by atoms with E-state index < -0.39 is 0 Å². The number of amides is 2. The molecule has 0 spiro atoms. The predicted octanol–water partition coefficient (Wildman–Crippen LogP) is 4.76. The maximum Gasteiger partial charge on any atom is 0.280 e. The van der Waals surface area contributed by atoms with Crippen LogP contribution in [0.15, 0.2) is 24.3 Å². The molecule has 1 saturated carbocycles. The standard InChI is InChI=1S/C26H32ClN5O2S/c1-15(2)13-32-10-9-21-23(14-32)35-26(31-21)25(34)30-20-6-4-3-5-19(20)29-24(33)22-12-16-11-17(27)7-8-18(16)28-22/h7-8,11-12,15,19-20,28H,3-6,9-10,13-14H2,1-2H3,(H,29,33)(H,30,34)/t19-,20+/m0/s1. The number of thiazole rings is 1. The van der Waals surface area contributed by atoms with Gasteiger partial charge in [0.1, 0.15) is 5.69 Å². The minimum absolute atomic E-state index is 0.114. The number of aromatic amines is 1. The Hall–Kier alpha value is -2.42. The zero-order valence-electron chi connectivity index (χ0n) is 20.2. The van der Waals surface area contributed by atoms with Crippen molar-refractivity contribution in [1.29, 1.82) is 0 Å². The van der Waals surface area contributed by atoms with Crippen LogP contribution in [0.5, 0.6) is 0 Å². The van der Waals surface area contributed by atoms with Crippen LogP contribution in [0.2, 0.25) is 5.02 Å². The van der Waals surface area contributed by atoms with Crippen molar-refractivity contribution in [3.05, 3.63) is 50.6 Å². The lowest BCUT2D eigenvalue weighted by molar-refractivity contribution is 0.0860. The molecule has 0 unspecified atom stereocenters. The maximum absolute atomic E-state index is 13.1. The van der Waals surface area contributed by atoms with Crippen molar-refractivity contribution in [3.63, 3.8) is 0 Å². The monoisotopic (exact) mass is 513 g/mol. The third-order valence-corrected chi connectivity index (χ3v) is 8.17. The average molecular weight is 514 g/mol. The highest BCUT2D eigenvalue weighted by molar-refractivity contribution is 7.13. The molecule has 9 heteroatoms. The van der Waals surface area contributed by atoms with Gasteiger partial charge in [0.15, 0.2) is 5.01 Å². The minimum atomic E-state index is -0.168. The normalized spacial score (nSPS) is 20.7. The highest BCUT2D eigenvalue weighted by atomic mass is 35.5. The Bertz CT molecular complexity index is 1240. The lowest BCUT2D eigenvalue weighted by Gasteiger charge is -2.32. The van der Waals surface area contributed by atoms with Crippen LogP contribution in [0, 0.1) is 5.92 Å². The number of fused-ring (bicyclic) bond motifs is 2. The molecule has 0 saturated heterocycles. The Morgan fingerprint density at radius 3 is 2.66 bits per heavy atom. The van der Waals surface area contributed by atoms with Crippen LogP contribution in [0.4, 0.5) is 0 Å². The summed E-state index contributed by atoms with van der Waals surface area (Å²) in [7, 11) is 0. The lowest BCUT2D eigenvalue weighted by atomic mass is 9.90. The van der Waals surface area contributed by atoms with Crippen molar-refractivity contribution >= 4 is 45.7 Å². The number of nitrogens with zero attached hydrogens (tertiary/aromatic N) is 2. The van der Waals surface area contributed by atoms with Gasteiger partial charge in [0.25, 0.3) is 11.8 Å². The molecule has 2 aliphatic rings. The molecule has 5 rings (SSSR count). The molecule has 2 atom stereocenters. The number of H-pyrrole nitrogens is 1. The molecule has 1 fully saturated rings. The van der Waals surface area contributed by atoms with Gasteiger partial charge in [0.05, 0.1) is 5.69 Å². The predicted molar refractivity (Wildman–Crippen MR) is 140 cm³/mol. The number of aromatic nitrogens is 2. The summed E-state index contributed by atoms with van der Waals surface area (Å²) in [6, 6.07) is 7.09.